The van der Waals surface area contributed by atoms with Gasteiger partial charge in [-0.05, 0) is 13.0 Å². The van der Waals surface area contributed by atoms with Crippen molar-refractivity contribution in [1.82, 2.24) is 14.9 Å². The molecule has 1 saturated heterocycles. The minimum Gasteiger partial charge on any atom is -0.493 e. The Bertz CT molecular complexity index is 759. The minimum atomic E-state index is -0.174. The monoisotopic (exact) mass is 319 g/mol. The number of methoxy groups -OCH3 is 2. The zero-order chi connectivity index (χ0) is 16.4. The van der Waals surface area contributed by atoms with Crippen LogP contribution in [0, 0.1) is 0 Å². The van der Waals surface area contributed by atoms with E-state index in [4.69, 9.17) is 14.2 Å². The van der Waals surface area contributed by atoms with Crippen molar-refractivity contribution >= 4 is 10.9 Å². The smallest absolute Gasteiger partial charge is 0.258 e. The molecule has 2 aromatic rings. The van der Waals surface area contributed by atoms with Crippen molar-refractivity contribution in [3.63, 3.8) is 0 Å². The van der Waals surface area contributed by atoms with Crippen molar-refractivity contribution in [2.75, 3.05) is 33.9 Å². The van der Waals surface area contributed by atoms with E-state index in [1.165, 1.54) is 0 Å². The van der Waals surface area contributed by atoms with Crippen LogP contribution in [0.1, 0.15) is 12.7 Å². The van der Waals surface area contributed by atoms with Gasteiger partial charge in [-0.25, -0.2) is 4.98 Å². The maximum atomic E-state index is 12.3. The van der Waals surface area contributed by atoms with E-state index in [1.807, 2.05) is 6.92 Å². The second kappa shape index (κ2) is 6.55. The Hall–Kier alpha value is -2.12. The van der Waals surface area contributed by atoms with Crippen LogP contribution in [0.4, 0.5) is 0 Å². The molecule has 0 amide bonds. The lowest BCUT2D eigenvalue weighted by Crippen LogP contribution is -2.41. The van der Waals surface area contributed by atoms with Gasteiger partial charge in [0.05, 0.1) is 44.4 Å². The number of nitrogens with one attached hydrogen (secondary N) is 1. The van der Waals surface area contributed by atoms with Crippen LogP contribution in [0.3, 0.4) is 0 Å². The van der Waals surface area contributed by atoms with Crippen LogP contribution in [0.15, 0.2) is 16.9 Å². The standard InChI is InChI=1S/C16H21N3O4/c1-10-8-19(4-5-23-10)9-15-17-12-7-14(22-3)13(21-2)6-11(12)16(20)18-15/h6-7,10H,4-5,8-9H2,1-3H3,(H,17,18,20)/t10-/m1/s1. The molecule has 0 spiro atoms. The Morgan fingerprint density at radius 3 is 2.78 bits per heavy atom. The minimum absolute atomic E-state index is 0.174. The number of benzene rings is 1. The zero-order valence-electron chi connectivity index (χ0n) is 13.6. The van der Waals surface area contributed by atoms with Gasteiger partial charge in [0.1, 0.15) is 5.82 Å². The van der Waals surface area contributed by atoms with Gasteiger partial charge < -0.3 is 19.2 Å². The van der Waals surface area contributed by atoms with Gasteiger partial charge in [-0.2, -0.15) is 0 Å². The average molecular weight is 319 g/mol. The highest BCUT2D eigenvalue weighted by molar-refractivity contribution is 5.81. The van der Waals surface area contributed by atoms with Crippen molar-refractivity contribution in [2.45, 2.75) is 19.6 Å². The molecule has 1 fully saturated rings. The Balaban J connectivity index is 1.95. The summed E-state index contributed by atoms with van der Waals surface area (Å²) in [5.41, 5.74) is 0.426. The summed E-state index contributed by atoms with van der Waals surface area (Å²) in [6.45, 7) is 4.99. The predicted octanol–water partition coefficient (Wildman–Crippen LogP) is 1.16. The highest BCUT2D eigenvalue weighted by Gasteiger charge is 2.18. The summed E-state index contributed by atoms with van der Waals surface area (Å²) in [5, 5.41) is 0.488. The number of aromatic amines is 1. The van der Waals surface area contributed by atoms with Gasteiger partial charge in [0.25, 0.3) is 5.56 Å². The number of morpholine rings is 1. The SMILES string of the molecule is COc1cc2nc(CN3CCO[C@H](C)C3)[nH]c(=O)c2cc1OC. The summed E-state index contributed by atoms with van der Waals surface area (Å²) in [4.78, 5) is 22.0. The molecule has 1 atom stereocenters. The van der Waals surface area contributed by atoms with Crippen molar-refractivity contribution in [1.29, 1.82) is 0 Å². The van der Waals surface area contributed by atoms with Crippen molar-refractivity contribution in [2.24, 2.45) is 0 Å². The topological polar surface area (TPSA) is 76.7 Å². The Morgan fingerprint density at radius 1 is 1.35 bits per heavy atom. The molecule has 1 aromatic heterocycles. The zero-order valence-corrected chi connectivity index (χ0v) is 13.6. The van der Waals surface area contributed by atoms with Gasteiger partial charge in [-0.3, -0.25) is 9.69 Å². The fraction of sp³-hybridized carbons (Fsp3) is 0.500. The second-order valence-corrected chi connectivity index (χ2v) is 5.65. The fourth-order valence-electron chi connectivity index (χ4n) is 2.84. The molecular weight excluding hydrogens is 298 g/mol. The third-order valence-electron chi connectivity index (χ3n) is 3.96. The molecule has 7 heteroatoms. The fourth-order valence-corrected chi connectivity index (χ4v) is 2.84. The van der Waals surface area contributed by atoms with E-state index in [9.17, 15) is 4.79 Å². The lowest BCUT2D eigenvalue weighted by molar-refractivity contribution is -0.0219. The van der Waals surface area contributed by atoms with Gasteiger partial charge in [-0.15, -0.1) is 0 Å². The second-order valence-electron chi connectivity index (χ2n) is 5.65. The number of fused-ring (bicyclic) bond motifs is 1. The first kappa shape index (κ1) is 15.8. The van der Waals surface area contributed by atoms with Crippen molar-refractivity contribution in [3.8, 4) is 11.5 Å². The molecule has 124 valence electrons. The first-order valence-electron chi connectivity index (χ1n) is 7.59. The Kier molecular flexibility index (Phi) is 4.49. The molecule has 0 unspecified atom stereocenters. The molecule has 1 N–H and O–H groups in total. The summed E-state index contributed by atoms with van der Waals surface area (Å²) in [6.07, 6.45) is 0.195. The largest absolute Gasteiger partial charge is 0.493 e. The molecule has 1 aromatic carbocycles. The quantitative estimate of drug-likeness (QED) is 0.911. The summed E-state index contributed by atoms with van der Waals surface area (Å²) in [7, 11) is 3.10. The molecule has 1 aliphatic heterocycles. The van der Waals surface area contributed by atoms with E-state index < -0.39 is 0 Å². The molecule has 3 rings (SSSR count). The Labute approximate surface area is 134 Å². The number of aromatic nitrogens is 2. The van der Waals surface area contributed by atoms with E-state index in [1.54, 1.807) is 26.4 Å². The van der Waals surface area contributed by atoms with Gasteiger partial charge in [-0.1, -0.05) is 0 Å². The van der Waals surface area contributed by atoms with Crippen molar-refractivity contribution < 1.29 is 14.2 Å². The number of hydrogen-bond acceptors (Lipinski definition) is 6. The molecule has 0 radical (unpaired) electrons. The summed E-state index contributed by atoms with van der Waals surface area (Å²) in [6, 6.07) is 3.38. The van der Waals surface area contributed by atoms with Crippen LogP contribution in [0.5, 0.6) is 11.5 Å². The average Bonchev–Trinajstić information content (AvgIpc) is 2.53. The lowest BCUT2D eigenvalue weighted by atomic mass is 10.2. The first-order chi connectivity index (χ1) is 11.1. The predicted molar refractivity (Wildman–Crippen MR) is 86.2 cm³/mol. The molecule has 0 bridgehead atoms. The van der Waals surface area contributed by atoms with Crippen LogP contribution in [0.25, 0.3) is 10.9 Å². The van der Waals surface area contributed by atoms with Crippen LogP contribution in [0.2, 0.25) is 0 Å². The highest BCUT2D eigenvalue weighted by Crippen LogP contribution is 2.29. The molecule has 0 aliphatic carbocycles. The van der Waals surface area contributed by atoms with Gasteiger partial charge in [0.2, 0.25) is 0 Å². The van der Waals surface area contributed by atoms with E-state index >= 15 is 0 Å². The summed E-state index contributed by atoms with van der Waals surface area (Å²) < 4.78 is 16.1. The van der Waals surface area contributed by atoms with Crippen LogP contribution >= 0.6 is 0 Å². The van der Waals surface area contributed by atoms with Crippen LogP contribution < -0.4 is 15.0 Å². The lowest BCUT2D eigenvalue weighted by Gasteiger charge is -2.30. The number of ether oxygens (including phenoxy) is 3. The normalized spacial score (nSPS) is 19.0. The maximum absolute atomic E-state index is 12.3. The summed E-state index contributed by atoms with van der Waals surface area (Å²) in [5.74, 6) is 1.72. The van der Waals surface area contributed by atoms with E-state index in [0.717, 1.165) is 13.1 Å². The number of nitrogens with zero attached hydrogens (tertiary/aromatic N) is 2. The maximum Gasteiger partial charge on any atom is 0.258 e. The Morgan fingerprint density at radius 2 is 2.09 bits per heavy atom. The molecule has 2 heterocycles. The van der Waals surface area contributed by atoms with E-state index in [0.29, 0.717) is 41.4 Å². The molecular formula is C16H21N3O4. The molecule has 23 heavy (non-hydrogen) atoms. The molecule has 1 aliphatic rings. The van der Waals surface area contributed by atoms with Gasteiger partial charge in [0.15, 0.2) is 11.5 Å². The highest BCUT2D eigenvalue weighted by atomic mass is 16.5. The number of H-pyrrole nitrogens is 1. The van der Waals surface area contributed by atoms with Crippen LogP contribution in [-0.2, 0) is 11.3 Å². The van der Waals surface area contributed by atoms with E-state index in [-0.39, 0.29) is 11.7 Å². The summed E-state index contributed by atoms with van der Waals surface area (Å²) >= 11 is 0. The molecule has 0 saturated carbocycles. The van der Waals surface area contributed by atoms with E-state index in [2.05, 4.69) is 14.9 Å². The number of hydrogen-bond donors (Lipinski definition) is 1. The van der Waals surface area contributed by atoms with Gasteiger partial charge >= 0.3 is 0 Å². The molecule has 7 nitrogen and oxygen atoms in total. The van der Waals surface area contributed by atoms with Gasteiger partial charge in [0, 0.05) is 19.2 Å². The third-order valence-corrected chi connectivity index (χ3v) is 3.96. The van der Waals surface area contributed by atoms with Crippen molar-refractivity contribution in [3.05, 3.63) is 28.3 Å². The number of rotatable bonds is 4. The van der Waals surface area contributed by atoms with Crippen LogP contribution in [-0.4, -0.2) is 54.9 Å². The third kappa shape index (κ3) is 3.30. The first-order valence-corrected chi connectivity index (χ1v) is 7.59.